The maximum atomic E-state index is 13.2. The second kappa shape index (κ2) is 8.83. The molecule has 0 saturated carbocycles. The molecule has 1 fully saturated rings. The minimum absolute atomic E-state index is 0.0951. The van der Waals surface area contributed by atoms with Crippen LogP contribution in [-0.4, -0.2) is 46.3 Å². The van der Waals surface area contributed by atoms with Crippen LogP contribution in [0.3, 0.4) is 0 Å². The quantitative estimate of drug-likeness (QED) is 0.665. The van der Waals surface area contributed by atoms with E-state index in [1.165, 1.54) is 23.9 Å². The Morgan fingerprint density at radius 1 is 1.31 bits per heavy atom. The standard InChI is InChI=1S/C19H25FN4O3S2/c1-12(2)17(13-4-6-15(20)7-5-13)21-16(25)10-28-19-23-22-18(24(19)3)14-8-9-29(26,27)11-14/h4-7,12,14,17H,8-11H2,1-3H3,(H,21,25). The molecule has 1 aliphatic rings. The molecule has 0 radical (unpaired) electrons. The lowest BCUT2D eigenvalue weighted by Crippen LogP contribution is -2.33. The number of rotatable bonds is 7. The van der Waals surface area contributed by atoms with Crippen molar-refractivity contribution in [3.8, 4) is 0 Å². The van der Waals surface area contributed by atoms with Gasteiger partial charge in [0.15, 0.2) is 15.0 Å². The average molecular weight is 441 g/mol. The molecule has 10 heteroatoms. The zero-order valence-electron chi connectivity index (χ0n) is 16.6. The lowest BCUT2D eigenvalue weighted by Gasteiger charge is -2.23. The van der Waals surface area contributed by atoms with Gasteiger partial charge in [-0.25, -0.2) is 12.8 Å². The van der Waals surface area contributed by atoms with Gasteiger partial charge in [0, 0.05) is 13.0 Å². The zero-order valence-corrected chi connectivity index (χ0v) is 18.3. The van der Waals surface area contributed by atoms with Crippen LogP contribution >= 0.6 is 11.8 Å². The summed E-state index contributed by atoms with van der Waals surface area (Å²) in [5, 5.41) is 11.8. The summed E-state index contributed by atoms with van der Waals surface area (Å²) in [5.41, 5.74) is 0.850. The van der Waals surface area contributed by atoms with E-state index in [0.29, 0.717) is 17.4 Å². The molecule has 2 aromatic rings. The lowest BCUT2D eigenvalue weighted by atomic mass is 9.96. The summed E-state index contributed by atoms with van der Waals surface area (Å²) in [6.45, 7) is 3.98. The van der Waals surface area contributed by atoms with Crippen molar-refractivity contribution in [2.24, 2.45) is 13.0 Å². The largest absolute Gasteiger partial charge is 0.348 e. The maximum Gasteiger partial charge on any atom is 0.230 e. The number of thioether (sulfide) groups is 1. The predicted octanol–water partition coefficient (Wildman–Crippen LogP) is 2.46. The number of nitrogens with one attached hydrogen (secondary N) is 1. The molecule has 1 N–H and O–H groups in total. The highest BCUT2D eigenvalue weighted by molar-refractivity contribution is 7.99. The second-order valence-corrected chi connectivity index (χ2v) is 10.8. The highest BCUT2D eigenvalue weighted by atomic mass is 32.2. The van der Waals surface area contributed by atoms with E-state index in [1.807, 2.05) is 13.8 Å². The molecule has 0 aliphatic carbocycles. The number of nitrogens with zero attached hydrogens (tertiary/aromatic N) is 3. The van der Waals surface area contributed by atoms with Crippen molar-refractivity contribution >= 4 is 27.5 Å². The molecule has 1 aromatic carbocycles. The van der Waals surface area contributed by atoms with Crippen molar-refractivity contribution < 1.29 is 17.6 Å². The van der Waals surface area contributed by atoms with Crippen LogP contribution in [0.5, 0.6) is 0 Å². The number of hydrogen-bond donors (Lipinski definition) is 1. The fourth-order valence-corrected chi connectivity index (χ4v) is 5.92. The molecule has 158 valence electrons. The number of carbonyl (C=O) groups is 1. The summed E-state index contributed by atoms with van der Waals surface area (Å²) in [4.78, 5) is 12.5. The summed E-state index contributed by atoms with van der Waals surface area (Å²) in [6, 6.07) is 5.91. The monoisotopic (exact) mass is 440 g/mol. The van der Waals surface area contributed by atoms with Crippen LogP contribution in [-0.2, 0) is 21.7 Å². The Morgan fingerprint density at radius 2 is 2.00 bits per heavy atom. The van der Waals surface area contributed by atoms with Gasteiger partial charge in [-0.15, -0.1) is 10.2 Å². The Morgan fingerprint density at radius 3 is 2.59 bits per heavy atom. The highest BCUT2D eigenvalue weighted by Crippen LogP contribution is 2.29. The molecule has 7 nitrogen and oxygen atoms in total. The summed E-state index contributed by atoms with van der Waals surface area (Å²) >= 11 is 1.25. The Labute approximate surface area is 174 Å². The van der Waals surface area contributed by atoms with Crippen molar-refractivity contribution in [2.75, 3.05) is 17.3 Å². The van der Waals surface area contributed by atoms with E-state index in [-0.39, 0.29) is 46.9 Å². The fraction of sp³-hybridized carbons (Fsp3) is 0.526. The Balaban J connectivity index is 1.61. The first-order valence-corrected chi connectivity index (χ1v) is 12.2. The maximum absolute atomic E-state index is 13.2. The molecular formula is C19H25FN4O3S2. The van der Waals surface area contributed by atoms with Gasteiger partial charge < -0.3 is 9.88 Å². The van der Waals surface area contributed by atoms with Crippen LogP contribution in [0.25, 0.3) is 0 Å². The third-order valence-corrected chi connectivity index (χ3v) is 7.80. The second-order valence-electron chi connectivity index (χ2n) is 7.63. The summed E-state index contributed by atoms with van der Waals surface area (Å²) in [6.07, 6.45) is 0.549. The first kappa shape index (κ1) is 21.8. The molecule has 0 spiro atoms. The Bertz CT molecular complexity index is 974. The van der Waals surface area contributed by atoms with Gasteiger partial charge in [-0.05, 0) is 30.0 Å². The van der Waals surface area contributed by atoms with Gasteiger partial charge >= 0.3 is 0 Å². The van der Waals surface area contributed by atoms with E-state index in [0.717, 1.165) is 5.56 Å². The molecule has 1 aliphatic heterocycles. The molecule has 2 atom stereocenters. The molecule has 2 unspecified atom stereocenters. The number of hydrogen-bond acceptors (Lipinski definition) is 6. The van der Waals surface area contributed by atoms with Gasteiger partial charge in [0.1, 0.15) is 11.6 Å². The van der Waals surface area contributed by atoms with Crippen molar-refractivity contribution in [1.82, 2.24) is 20.1 Å². The number of halogens is 1. The van der Waals surface area contributed by atoms with E-state index in [9.17, 15) is 17.6 Å². The van der Waals surface area contributed by atoms with Crippen molar-refractivity contribution in [2.45, 2.75) is 37.4 Å². The minimum Gasteiger partial charge on any atom is -0.348 e. The van der Waals surface area contributed by atoms with Gasteiger partial charge in [-0.1, -0.05) is 37.7 Å². The average Bonchev–Trinajstić information content (AvgIpc) is 3.20. The molecule has 1 saturated heterocycles. The van der Waals surface area contributed by atoms with Gasteiger partial charge in [-0.3, -0.25) is 4.79 Å². The summed E-state index contributed by atoms with van der Waals surface area (Å²) < 4.78 is 38.4. The zero-order chi connectivity index (χ0) is 21.2. The first-order valence-electron chi connectivity index (χ1n) is 9.43. The highest BCUT2D eigenvalue weighted by Gasteiger charge is 2.32. The van der Waals surface area contributed by atoms with Gasteiger partial charge in [-0.2, -0.15) is 0 Å². The normalized spacial score (nSPS) is 19.4. The number of sulfone groups is 1. The van der Waals surface area contributed by atoms with Crippen molar-refractivity contribution in [3.63, 3.8) is 0 Å². The van der Waals surface area contributed by atoms with Crippen LogP contribution in [0.1, 0.15) is 43.6 Å². The molecule has 3 rings (SSSR count). The number of carbonyl (C=O) groups excluding carboxylic acids is 1. The molecule has 1 amide bonds. The molecular weight excluding hydrogens is 415 g/mol. The van der Waals surface area contributed by atoms with Crippen LogP contribution in [0.4, 0.5) is 4.39 Å². The van der Waals surface area contributed by atoms with Crippen molar-refractivity contribution in [1.29, 1.82) is 0 Å². The van der Waals surface area contributed by atoms with Crippen LogP contribution < -0.4 is 5.32 Å². The van der Waals surface area contributed by atoms with E-state index < -0.39 is 9.84 Å². The third-order valence-electron chi connectivity index (χ3n) is 5.01. The van der Waals surface area contributed by atoms with E-state index >= 15 is 0 Å². The van der Waals surface area contributed by atoms with E-state index in [1.54, 1.807) is 23.7 Å². The number of aromatic nitrogens is 3. The molecule has 29 heavy (non-hydrogen) atoms. The molecule has 1 aromatic heterocycles. The van der Waals surface area contributed by atoms with E-state index in [2.05, 4.69) is 15.5 Å². The Kier molecular flexibility index (Phi) is 6.62. The summed E-state index contributed by atoms with van der Waals surface area (Å²) in [5.74, 6) is 0.578. The number of amides is 1. The topological polar surface area (TPSA) is 94.0 Å². The van der Waals surface area contributed by atoms with Crippen LogP contribution in [0.2, 0.25) is 0 Å². The number of benzene rings is 1. The van der Waals surface area contributed by atoms with Gasteiger partial charge in [0.2, 0.25) is 5.91 Å². The molecule has 0 bridgehead atoms. The van der Waals surface area contributed by atoms with Crippen LogP contribution in [0, 0.1) is 11.7 Å². The smallest absolute Gasteiger partial charge is 0.230 e. The minimum atomic E-state index is -3.00. The van der Waals surface area contributed by atoms with Crippen LogP contribution in [0.15, 0.2) is 29.4 Å². The van der Waals surface area contributed by atoms with E-state index in [4.69, 9.17) is 0 Å². The SMILES string of the molecule is CC(C)C(NC(=O)CSc1nnc(C2CCS(=O)(=O)C2)n1C)c1ccc(F)cc1. The predicted molar refractivity (Wildman–Crippen MR) is 110 cm³/mol. The third kappa shape index (κ3) is 5.36. The lowest BCUT2D eigenvalue weighted by molar-refractivity contribution is -0.119. The molecule has 2 heterocycles. The van der Waals surface area contributed by atoms with Crippen molar-refractivity contribution in [3.05, 3.63) is 41.5 Å². The fourth-order valence-electron chi connectivity index (χ4n) is 3.46. The summed E-state index contributed by atoms with van der Waals surface area (Å²) in [7, 11) is -1.22. The van der Waals surface area contributed by atoms with Gasteiger partial charge in [0.05, 0.1) is 23.3 Å². The Hall–Kier alpha value is -1.94. The van der Waals surface area contributed by atoms with Gasteiger partial charge in [0.25, 0.3) is 0 Å². The first-order chi connectivity index (χ1) is 13.7.